The predicted octanol–water partition coefficient (Wildman–Crippen LogP) is 3.74. The summed E-state index contributed by atoms with van der Waals surface area (Å²) in [5, 5.41) is 11.8. The smallest absolute Gasteiger partial charge is 0.335 e. The Morgan fingerprint density at radius 2 is 1.75 bits per heavy atom. The Balaban J connectivity index is 1.97. The first kappa shape index (κ1) is 17.5. The molecule has 5 heteroatoms. The summed E-state index contributed by atoms with van der Waals surface area (Å²) in [7, 11) is 0. The molecule has 0 aliphatic rings. The van der Waals surface area contributed by atoms with Crippen molar-refractivity contribution in [3.8, 4) is 5.75 Å². The van der Waals surface area contributed by atoms with Gasteiger partial charge in [-0.25, -0.2) is 4.79 Å². The lowest BCUT2D eigenvalue weighted by Gasteiger charge is -2.21. The van der Waals surface area contributed by atoms with Crippen LogP contribution < -0.4 is 10.1 Å². The van der Waals surface area contributed by atoms with Gasteiger partial charge in [0.05, 0.1) is 12.0 Å². The van der Waals surface area contributed by atoms with Gasteiger partial charge in [0.15, 0.2) is 0 Å². The number of benzene rings is 2. The first-order valence-corrected chi connectivity index (χ1v) is 7.64. The molecule has 24 heavy (non-hydrogen) atoms. The van der Waals surface area contributed by atoms with Gasteiger partial charge in [0, 0.05) is 5.69 Å². The van der Waals surface area contributed by atoms with Crippen molar-refractivity contribution in [2.75, 3.05) is 5.32 Å². The Morgan fingerprint density at radius 1 is 1.08 bits per heavy atom. The Bertz CT molecular complexity index is 730. The monoisotopic (exact) mass is 327 g/mol. The molecule has 0 radical (unpaired) electrons. The lowest BCUT2D eigenvalue weighted by Crippen LogP contribution is -2.22. The summed E-state index contributed by atoms with van der Waals surface area (Å²) in [6.07, 6.45) is 0.112. The summed E-state index contributed by atoms with van der Waals surface area (Å²) >= 11 is 0. The Hall–Kier alpha value is -2.82. The third-order valence-corrected chi connectivity index (χ3v) is 3.10. The fraction of sp³-hybridized carbons (Fsp3) is 0.263. The number of hydrogen-bond acceptors (Lipinski definition) is 3. The minimum Gasteiger partial charge on any atom is -0.488 e. The molecule has 0 unspecified atom stereocenters. The van der Waals surface area contributed by atoms with Crippen LogP contribution in [0.15, 0.2) is 48.5 Å². The lowest BCUT2D eigenvalue weighted by molar-refractivity contribution is -0.115. The van der Waals surface area contributed by atoms with E-state index in [1.54, 1.807) is 36.4 Å². The van der Waals surface area contributed by atoms with Crippen molar-refractivity contribution in [3.05, 3.63) is 59.7 Å². The van der Waals surface area contributed by atoms with Crippen LogP contribution in [-0.4, -0.2) is 22.6 Å². The van der Waals surface area contributed by atoms with E-state index in [1.807, 2.05) is 20.8 Å². The van der Waals surface area contributed by atoms with E-state index in [9.17, 15) is 9.59 Å². The van der Waals surface area contributed by atoms with Gasteiger partial charge < -0.3 is 15.2 Å². The molecule has 2 aromatic carbocycles. The molecule has 2 N–H and O–H groups in total. The molecule has 0 saturated heterocycles. The Kier molecular flexibility index (Phi) is 5.24. The summed E-state index contributed by atoms with van der Waals surface area (Å²) in [5.74, 6) is -0.483. The van der Waals surface area contributed by atoms with E-state index in [0.717, 1.165) is 5.75 Å². The summed E-state index contributed by atoms with van der Waals surface area (Å²) in [4.78, 5) is 23.0. The van der Waals surface area contributed by atoms with Gasteiger partial charge in [-0.1, -0.05) is 12.1 Å². The second kappa shape index (κ2) is 7.17. The highest BCUT2D eigenvalue weighted by molar-refractivity contribution is 5.93. The average molecular weight is 327 g/mol. The summed E-state index contributed by atoms with van der Waals surface area (Å²) < 4.78 is 5.72. The molecule has 0 aliphatic heterocycles. The molecule has 0 atom stereocenters. The molecular weight excluding hydrogens is 306 g/mol. The van der Waals surface area contributed by atoms with E-state index in [1.165, 1.54) is 12.1 Å². The van der Waals surface area contributed by atoms with Crippen molar-refractivity contribution < 1.29 is 19.4 Å². The lowest BCUT2D eigenvalue weighted by atomic mass is 10.1. The fourth-order valence-corrected chi connectivity index (χ4v) is 2.16. The van der Waals surface area contributed by atoms with E-state index < -0.39 is 5.97 Å². The van der Waals surface area contributed by atoms with Crippen molar-refractivity contribution in [3.63, 3.8) is 0 Å². The summed E-state index contributed by atoms with van der Waals surface area (Å²) in [6.45, 7) is 5.90. The number of ether oxygens (including phenoxy) is 1. The van der Waals surface area contributed by atoms with Crippen LogP contribution in [0.1, 0.15) is 36.7 Å². The standard InChI is InChI=1S/C19H21NO4/c1-19(2,3)24-16-9-7-15(8-10-16)20-17(21)12-13-5-4-6-14(11-13)18(22)23/h4-11H,12H2,1-3H3,(H,20,21)(H,22,23). The third-order valence-electron chi connectivity index (χ3n) is 3.10. The number of hydrogen-bond donors (Lipinski definition) is 2. The fourth-order valence-electron chi connectivity index (χ4n) is 2.16. The minimum atomic E-state index is -1.01. The predicted molar refractivity (Wildman–Crippen MR) is 92.6 cm³/mol. The van der Waals surface area contributed by atoms with Crippen LogP contribution in [0.3, 0.4) is 0 Å². The molecule has 0 fully saturated rings. The molecular formula is C19H21NO4. The van der Waals surface area contributed by atoms with Crippen molar-refractivity contribution in [2.24, 2.45) is 0 Å². The third kappa shape index (κ3) is 5.43. The van der Waals surface area contributed by atoms with Crippen molar-refractivity contribution in [1.29, 1.82) is 0 Å². The number of carbonyl (C=O) groups is 2. The summed E-state index contributed by atoms with van der Waals surface area (Å²) in [5.41, 5.74) is 1.21. The second-order valence-corrected chi connectivity index (χ2v) is 6.47. The van der Waals surface area contributed by atoms with Gasteiger partial charge in [-0.05, 0) is 62.7 Å². The van der Waals surface area contributed by atoms with Crippen LogP contribution in [0.5, 0.6) is 5.75 Å². The first-order valence-electron chi connectivity index (χ1n) is 7.64. The zero-order valence-corrected chi connectivity index (χ0v) is 14.0. The number of carbonyl (C=O) groups excluding carboxylic acids is 1. The molecule has 126 valence electrons. The van der Waals surface area contributed by atoms with E-state index >= 15 is 0 Å². The SMILES string of the molecule is CC(C)(C)Oc1ccc(NC(=O)Cc2cccc(C(=O)O)c2)cc1. The Morgan fingerprint density at radius 3 is 2.33 bits per heavy atom. The van der Waals surface area contributed by atoms with Crippen molar-refractivity contribution >= 4 is 17.6 Å². The maximum absolute atomic E-state index is 12.1. The van der Waals surface area contributed by atoms with Crippen LogP contribution in [0.2, 0.25) is 0 Å². The van der Waals surface area contributed by atoms with Crippen molar-refractivity contribution in [1.82, 2.24) is 0 Å². The zero-order valence-electron chi connectivity index (χ0n) is 14.0. The van der Waals surface area contributed by atoms with E-state index in [-0.39, 0.29) is 23.5 Å². The maximum atomic E-state index is 12.1. The first-order chi connectivity index (χ1) is 11.2. The van der Waals surface area contributed by atoms with Gasteiger partial charge in [0.25, 0.3) is 0 Å². The van der Waals surface area contributed by atoms with Gasteiger partial charge >= 0.3 is 5.97 Å². The van der Waals surface area contributed by atoms with Crippen LogP contribution in [0.4, 0.5) is 5.69 Å². The molecule has 2 aromatic rings. The highest BCUT2D eigenvalue weighted by Gasteiger charge is 2.12. The second-order valence-electron chi connectivity index (χ2n) is 6.47. The van der Waals surface area contributed by atoms with E-state index in [0.29, 0.717) is 11.3 Å². The van der Waals surface area contributed by atoms with Gasteiger partial charge in [-0.15, -0.1) is 0 Å². The molecule has 0 aromatic heterocycles. The largest absolute Gasteiger partial charge is 0.488 e. The van der Waals surface area contributed by atoms with Crippen molar-refractivity contribution in [2.45, 2.75) is 32.8 Å². The maximum Gasteiger partial charge on any atom is 0.335 e. The molecule has 0 aliphatic carbocycles. The van der Waals surface area contributed by atoms with Gasteiger partial charge in [0.2, 0.25) is 5.91 Å². The molecule has 0 heterocycles. The summed E-state index contributed by atoms with van der Waals surface area (Å²) in [6, 6.07) is 13.5. The molecule has 0 bridgehead atoms. The molecule has 1 amide bonds. The highest BCUT2D eigenvalue weighted by atomic mass is 16.5. The van der Waals surface area contributed by atoms with E-state index in [4.69, 9.17) is 9.84 Å². The molecule has 5 nitrogen and oxygen atoms in total. The number of nitrogens with one attached hydrogen (secondary N) is 1. The number of aromatic carboxylic acids is 1. The quantitative estimate of drug-likeness (QED) is 0.877. The average Bonchev–Trinajstić information content (AvgIpc) is 2.48. The number of carboxylic acids is 1. The van der Waals surface area contributed by atoms with Crippen LogP contribution >= 0.6 is 0 Å². The molecule has 0 saturated carbocycles. The molecule has 0 spiro atoms. The molecule has 2 rings (SSSR count). The van der Waals surface area contributed by atoms with E-state index in [2.05, 4.69) is 5.32 Å². The topological polar surface area (TPSA) is 75.6 Å². The number of amides is 1. The van der Waals surface area contributed by atoms with Gasteiger partial charge in [0.1, 0.15) is 11.4 Å². The van der Waals surface area contributed by atoms with Crippen LogP contribution in [0, 0.1) is 0 Å². The Labute approximate surface area is 141 Å². The number of carboxylic acid groups (broad SMARTS) is 1. The van der Waals surface area contributed by atoms with Crippen LogP contribution in [0.25, 0.3) is 0 Å². The highest BCUT2D eigenvalue weighted by Crippen LogP contribution is 2.20. The van der Waals surface area contributed by atoms with Crippen LogP contribution in [-0.2, 0) is 11.2 Å². The normalized spacial score (nSPS) is 11.0. The van der Waals surface area contributed by atoms with Gasteiger partial charge in [-0.2, -0.15) is 0 Å². The zero-order chi connectivity index (χ0) is 17.7. The van der Waals surface area contributed by atoms with Gasteiger partial charge in [-0.3, -0.25) is 4.79 Å². The number of rotatable bonds is 5. The number of anilines is 1. The minimum absolute atomic E-state index is 0.112.